The zero-order valence-electron chi connectivity index (χ0n) is 27.7. The molecule has 0 saturated heterocycles. The average Bonchev–Trinajstić information content (AvgIpc) is 3.29. The molecule has 0 aromatic heterocycles. The molecule has 1 unspecified atom stereocenters. The molecule has 3 N–H and O–H groups in total. The molecule has 1 aliphatic carbocycles. The van der Waals surface area contributed by atoms with Gasteiger partial charge in [0.15, 0.2) is 23.0 Å². The molecule has 2 atom stereocenters. The highest BCUT2D eigenvalue weighted by Gasteiger charge is 2.29. The summed E-state index contributed by atoms with van der Waals surface area (Å²) < 4.78 is 27.9. The van der Waals surface area contributed by atoms with Crippen molar-refractivity contribution in [1.29, 1.82) is 0 Å². The Balaban J connectivity index is 1.69. The van der Waals surface area contributed by atoms with E-state index in [0.717, 1.165) is 16.7 Å². The number of methoxy groups -OCH3 is 5. The Labute approximate surface area is 269 Å². The van der Waals surface area contributed by atoms with Crippen molar-refractivity contribution in [1.82, 2.24) is 10.6 Å². The number of carbonyl (C=O) groups excluding carboxylic acids is 2. The number of hydrogen-bond acceptors (Lipinski definition) is 9. The minimum Gasteiger partial charge on any atom is -0.493 e. The second kappa shape index (κ2) is 14.9. The third-order valence-corrected chi connectivity index (χ3v) is 8.11. The first-order chi connectivity index (χ1) is 22.1. The number of carbonyl (C=O) groups is 2. The van der Waals surface area contributed by atoms with Crippen LogP contribution in [0.5, 0.6) is 28.7 Å². The minimum atomic E-state index is -0.439. The summed E-state index contributed by atoms with van der Waals surface area (Å²) in [6, 6.07) is 11.7. The number of ether oxygens (including phenoxy) is 5. The fourth-order valence-corrected chi connectivity index (χ4v) is 5.93. The molecule has 1 aliphatic rings. The first-order valence-corrected chi connectivity index (χ1v) is 15.1. The van der Waals surface area contributed by atoms with Gasteiger partial charge in [-0.25, -0.2) is 0 Å². The molecule has 0 radical (unpaired) electrons. The van der Waals surface area contributed by atoms with Crippen molar-refractivity contribution in [3.8, 4) is 39.9 Å². The number of fused-ring (bicyclic) bond motifs is 3. The molecule has 11 nitrogen and oxygen atoms in total. The van der Waals surface area contributed by atoms with Crippen LogP contribution in [0.15, 0.2) is 47.3 Å². The predicted octanol–water partition coefficient (Wildman–Crippen LogP) is 4.81. The number of hydrogen-bond donors (Lipinski definition) is 3. The van der Waals surface area contributed by atoms with Crippen molar-refractivity contribution < 1.29 is 33.3 Å². The van der Waals surface area contributed by atoms with Crippen molar-refractivity contribution in [2.45, 2.75) is 45.7 Å². The standard InChI is InChI=1S/C35H43N3O8/c1-19(2)33(22-10-14-28(42-4)29(16-22)43-5)38-31(41)18-36-26-13-11-23-24(17-27(26)40)25(37-20(3)39)12-9-21-15-30(44-6)34(45-7)35(46-8)32(21)23/h10-11,13-17,19,25,33H,9,12,18H2,1-8H3,(H,36,40)(H,37,39)(H,38,41)/t25-,33?/m0/s1. The van der Waals surface area contributed by atoms with E-state index in [0.29, 0.717) is 52.7 Å². The van der Waals surface area contributed by atoms with Crippen LogP contribution in [-0.2, 0) is 16.0 Å². The van der Waals surface area contributed by atoms with Crippen LogP contribution in [-0.4, -0.2) is 53.9 Å². The molecule has 0 aliphatic heterocycles. The van der Waals surface area contributed by atoms with Crippen LogP contribution >= 0.6 is 0 Å². The summed E-state index contributed by atoms with van der Waals surface area (Å²) in [6.45, 7) is 5.33. The van der Waals surface area contributed by atoms with E-state index in [4.69, 9.17) is 23.7 Å². The SMILES string of the molecule is COc1ccc(C(NC(=O)CNc2ccc3c(cc2=O)[C@@H](NC(C)=O)CCc2cc(OC)c(OC)c(OC)c2-3)C(C)C)cc1OC. The second-order valence-corrected chi connectivity index (χ2v) is 11.4. The van der Waals surface area contributed by atoms with Gasteiger partial charge in [-0.15, -0.1) is 0 Å². The van der Waals surface area contributed by atoms with Gasteiger partial charge in [-0.1, -0.05) is 26.0 Å². The molecule has 46 heavy (non-hydrogen) atoms. The Morgan fingerprint density at radius 1 is 0.848 bits per heavy atom. The summed E-state index contributed by atoms with van der Waals surface area (Å²) in [4.78, 5) is 39.0. The van der Waals surface area contributed by atoms with Gasteiger partial charge < -0.3 is 39.6 Å². The molecule has 3 aromatic rings. The van der Waals surface area contributed by atoms with Gasteiger partial charge in [0.2, 0.25) is 23.0 Å². The highest BCUT2D eigenvalue weighted by atomic mass is 16.5. The topological polar surface area (TPSA) is 133 Å². The van der Waals surface area contributed by atoms with Crippen LogP contribution < -0.4 is 45.1 Å². The van der Waals surface area contributed by atoms with Gasteiger partial charge in [-0.2, -0.15) is 0 Å². The molecule has 11 heteroatoms. The molecule has 0 saturated carbocycles. The van der Waals surface area contributed by atoms with Crippen LogP contribution in [0.25, 0.3) is 11.1 Å². The highest BCUT2D eigenvalue weighted by Crippen LogP contribution is 2.50. The van der Waals surface area contributed by atoms with Crippen molar-refractivity contribution in [2.75, 3.05) is 47.4 Å². The van der Waals surface area contributed by atoms with Crippen LogP contribution in [0.1, 0.15) is 56.0 Å². The van der Waals surface area contributed by atoms with Crippen LogP contribution in [0.4, 0.5) is 5.69 Å². The first kappa shape index (κ1) is 34.0. The molecule has 246 valence electrons. The molecule has 0 heterocycles. The first-order valence-electron chi connectivity index (χ1n) is 15.1. The van der Waals surface area contributed by atoms with E-state index in [-0.39, 0.29) is 41.4 Å². The number of anilines is 1. The normalized spacial score (nSPS) is 14.2. The Morgan fingerprint density at radius 2 is 1.54 bits per heavy atom. The van der Waals surface area contributed by atoms with Crippen molar-refractivity contribution in [2.24, 2.45) is 5.92 Å². The predicted molar refractivity (Wildman–Crippen MR) is 176 cm³/mol. The monoisotopic (exact) mass is 633 g/mol. The molecular formula is C35H43N3O8. The van der Waals surface area contributed by atoms with E-state index >= 15 is 0 Å². The van der Waals surface area contributed by atoms with Gasteiger partial charge in [-0.05, 0) is 71.3 Å². The smallest absolute Gasteiger partial charge is 0.239 e. The number of nitrogens with one attached hydrogen (secondary N) is 3. The number of benzene rings is 2. The van der Waals surface area contributed by atoms with Gasteiger partial charge in [0, 0.05) is 12.5 Å². The fraction of sp³-hybridized carbons (Fsp3) is 0.400. The zero-order chi connectivity index (χ0) is 33.5. The van der Waals surface area contributed by atoms with E-state index in [1.54, 1.807) is 40.6 Å². The second-order valence-electron chi connectivity index (χ2n) is 11.4. The van der Waals surface area contributed by atoms with Crippen LogP contribution in [0.2, 0.25) is 0 Å². The zero-order valence-corrected chi connectivity index (χ0v) is 27.7. The third kappa shape index (κ3) is 7.14. The number of amides is 2. The van der Waals surface area contributed by atoms with E-state index in [9.17, 15) is 14.4 Å². The third-order valence-electron chi connectivity index (χ3n) is 8.11. The minimum absolute atomic E-state index is 0.0682. The van der Waals surface area contributed by atoms with Gasteiger partial charge in [0.05, 0.1) is 59.9 Å². The highest BCUT2D eigenvalue weighted by molar-refractivity contribution is 5.84. The summed E-state index contributed by atoms with van der Waals surface area (Å²) in [5.74, 6) is 2.13. The molecule has 0 fully saturated rings. The molecule has 2 amide bonds. The molecule has 4 rings (SSSR count). The Hall–Kier alpha value is -4.93. The van der Waals surface area contributed by atoms with Crippen molar-refractivity contribution >= 4 is 17.5 Å². The van der Waals surface area contributed by atoms with E-state index < -0.39 is 6.04 Å². The van der Waals surface area contributed by atoms with Gasteiger partial charge >= 0.3 is 0 Å². The summed E-state index contributed by atoms with van der Waals surface area (Å²) in [5, 5.41) is 9.10. The Kier molecular flexibility index (Phi) is 11.0. The van der Waals surface area contributed by atoms with Crippen LogP contribution in [0.3, 0.4) is 0 Å². The summed E-state index contributed by atoms with van der Waals surface area (Å²) >= 11 is 0. The Bertz CT molecular complexity index is 1660. The fourth-order valence-electron chi connectivity index (χ4n) is 5.93. The van der Waals surface area contributed by atoms with Gasteiger partial charge in [-0.3, -0.25) is 14.4 Å². The van der Waals surface area contributed by atoms with Gasteiger partial charge in [0.1, 0.15) is 0 Å². The summed E-state index contributed by atoms with van der Waals surface area (Å²) in [5.41, 5.74) is 3.78. The molecule has 0 bridgehead atoms. The maximum Gasteiger partial charge on any atom is 0.239 e. The van der Waals surface area contributed by atoms with Gasteiger partial charge in [0.25, 0.3) is 0 Å². The quantitative estimate of drug-likeness (QED) is 0.257. The van der Waals surface area contributed by atoms with Crippen molar-refractivity contribution in [3.63, 3.8) is 0 Å². The van der Waals surface area contributed by atoms with E-state index in [1.807, 2.05) is 38.1 Å². The lowest BCUT2D eigenvalue weighted by molar-refractivity contribution is -0.121. The molecule has 0 spiro atoms. The molecular weight excluding hydrogens is 590 g/mol. The van der Waals surface area contributed by atoms with E-state index in [1.165, 1.54) is 20.1 Å². The number of aryl methyl sites for hydroxylation is 1. The maximum absolute atomic E-state index is 13.6. The number of rotatable bonds is 12. The molecule has 3 aromatic carbocycles. The van der Waals surface area contributed by atoms with E-state index in [2.05, 4.69) is 16.0 Å². The summed E-state index contributed by atoms with van der Waals surface area (Å²) in [7, 11) is 7.78. The Morgan fingerprint density at radius 3 is 2.15 bits per heavy atom. The lowest BCUT2D eigenvalue weighted by Gasteiger charge is -2.24. The summed E-state index contributed by atoms with van der Waals surface area (Å²) in [6.07, 6.45) is 1.13. The largest absolute Gasteiger partial charge is 0.493 e. The lowest BCUT2D eigenvalue weighted by atomic mass is 9.95. The lowest BCUT2D eigenvalue weighted by Crippen LogP contribution is -2.36. The van der Waals surface area contributed by atoms with Crippen molar-refractivity contribution in [3.05, 3.63) is 69.4 Å². The van der Waals surface area contributed by atoms with Crippen LogP contribution in [0, 0.1) is 5.92 Å². The average molecular weight is 634 g/mol. The maximum atomic E-state index is 13.6.